The van der Waals surface area contributed by atoms with E-state index in [1.807, 2.05) is 0 Å². The Morgan fingerprint density at radius 3 is 0.835 bits per heavy atom. The number of phosphoric acid groups is 2. The van der Waals surface area contributed by atoms with E-state index in [2.05, 4.69) is 55.4 Å². The van der Waals surface area contributed by atoms with Crippen LogP contribution in [0.5, 0.6) is 0 Å². The van der Waals surface area contributed by atoms with Gasteiger partial charge in [0, 0.05) is 25.7 Å². The highest BCUT2D eigenvalue weighted by Gasteiger charge is 2.30. The van der Waals surface area contributed by atoms with Gasteiger partial charge < -0.3 is 33.8 Å². The van der Waals surface area contributed by atoms with Crippen LogP contribution in [0.2, 0.25) is 0 Å². The molecular weight excluding hydrogens is 1130 g/mol. The SMILES string of the molecule is CCC(C)CCCCCCCCCCCCC(=O)OC[C@H](COP(=O)(O)OCC(O)COP(=O)(O)OC[C@@H](COC(=O)CCCCCCCCCCC(C)C)OC(=O)CCCCCCCCC(C)C)OC(=O)CCCCCCCCCCC(C)C. The van der Waals surface area contributed by atoms with Gasteiger partial charge in [-0.25, -0.2) is 9.13 Å². The average molecular weight is 1260 g/mol. The summed E-state index contributed by atoms with van der Waals surface area (Å²) in [4.78, 5) is 72.3. The van der Waals surface area contributed by atoms with E-state index in [-0.39, 0.29) is 25.7 Å². The Hall–Kier alpha value is -1.94. The van der Waals surface area contributed by atoms with Crippen LogP contribution in [0.3, 0.4) is 0 Å². The van der Waals surface area contributed by atoms with Crippen LogP contribution in [0.25, 0.3) is 0 Å². The smallest absolute Gasteiger partial charge is 0.462 e. The molecule has 0 spiro atoms. The summed E-state index contributed by atoms with van der Waals surface area (Å²) in [5, 5.41) is 10.5. The molecule has 4 unspecified atom stereocenters. The fraction of sp³-hybridized carbons (Fsp3) is 0.939. The molecule has 0 amide bonds. The highest BCUT2D eigenvalue weighted by Crippen LogP contribution is 2.45. The van der Waals surface area contributed by atoms with Crippen LogP contribution in [0, 0.1) is 23.7 Å². The molecule has 0 aromatic rings. The molecule has 19 heteroatoms. The molecule has 17 nitrogen and oxygen atoms in total. The second kappa shape index (κ2) is 56.1. The molecule has 0 aliphatic carbocycles. The van der Waals surface area contributed by atoms with Crippen molar-refractivity contribution in [2.45, 2.75) is 337 Å². The molecule has 504 valence electrons. The molecule has 0 aromatic carbocycles. The van der Waals surface area contributed by atoms with Crippen LogP contribution in [0.1, 0.15) is 319 Å². The maximum absolute atomic E-state index is 13.0. The molecule has 0 heterocycles. The Bertz CT molecular complexity index is 1700. The van der Waals surface area contributed by atoms with Gasteiger partial charge in [-0.1, -0.05) is 267 Å². The van der Waals surface area contributed by atoms with E-state index in [0.29, 0.717) is 31.6 Å². The predicted octanol–water partition coefficient (Wildman–Crippen LogP) is 18.1. The van der Waals surface area contributed by atoms with Crippen molar-refractivity contribution in [1.29, 1.82) is 0 Å². The quantitative estimate of drug-likeness (QED) is 0.0222. The van der Waals surface area contributed by atoms with Gasteiger partial charge in [-0.3, -0.25) is 37.3 Å². The van der Waals surface area contributed by atoms with Gasteiger partial charge in [-0.15, -0.1) is 0 Å². The minimum absolute atomic E-state index is 0.101. The molecule has 0 fully saturated rings. The van der Waals surface area contributed by atoms with E-state index < -0.39 is 97.5 Å². The van der Waals surface area contributed by atoms with Crippen molar-refractivity contribution >= 4 is 39.5 Å². The van der Waals surface area contributed by atoms with Gasteiger partial charge in [0.25, 0.3) is 0 Å². The molecule has 0 rings (SSSR count). The molecule has 6 atom stereocenters. The van der Waals surface area contributed by atoms with Gasteiger partial charge >= 0.3 is 39.5 Å². The first-order valence-electron chi connectivity index (χ1n) is 34.2. The number of esters is 4. The average Bonchev–Trinajstić information content (AvgIpc) is 3.46. The minimum atomic E-state index is -4.95. The summed E-state index contributed by atoms with van der Waals surface area (Å²) in [7, 11) is -9.89. The fourth-order valence-corrected chi connectivity index (χ4v) is 11.3. The molecule has 0 saturated carbocycles. The summed E-state index contributed by atoms with van der Waals surface area (Å²) in [6.45, 7) is 14.0. The summed E-state index contributed by atoms with van der Waals surface area (Å²) in [6, 6.07) is 0. The number of aliphatic hydroxyl groups is 1. The topological polar surface area (TPSA) is 237 Å². The van der Waals surface area contributed by atoms with E-state index in [0.717, 1.165) is 108 Å². The number of carbonyl (C=O) groups excluding carboxylic acids is 4. The first-order valence-corrected chi connectivity index (χ1v) is 37.2. The van der Waals surface area contributed by atoms with Crippen molar-refractivity contribution in [3.8, 4) is 0 Å². The molecule has 0 aliphatic rings. The number of unbranched alkanes of at least 4 members (excludes halogenated alkanes) is 28. The zero-order chi connectivity index (χ0) is 63.2. The Labute approximate surface area is 517 Å². The van der Waals surface area contributed by atoms with Crippen LogP contribution < -0.4 is 0 Å². The lowest BCUT2D eigenvalue weighted by Gasteiger charge is -2.21. The number of rotatable bonds is 63. The number of hydrogen-bond donors (Lipinski definition) is 3. The van der Waals surface area contributed by atoms with Crippen LogP contribution in [-0.2, 0) is 65.4 Å². The summed E-state index contributed by atoms with van der Waals surface area (Å²) < 4.78 is 68.0. The van der Waals surface area contributed by atoms with Gasteiger partial charge in [-0.05, 0) is 49.4 Å². The molecule has 85 heavy (non-hydrogen) atoms. The third kappa shape index (κ3) is 59.5. The normalized spacial score (nSPS) is 14.7. The Balaban J connectivity index is 5.24. The summed E-state index contributed by atoms with van der Waals surface area (Å²) >= 11 is 0. The monoisotopic (exact) mass is 1250 g/mol. The molecular formula is C66H128O17P2. The molecule has 0 radical (unpaired) electrons. The second-order valence-electron chi connectivity index (χ2n) is 25.5. The lowest BCUT2D eigenvalue weighted by Crippen LogP contribution is -2.30. The summed E-state index contributed by atoms with van der Waals surface area (Å²) in [6.07, 6.45) is 36.4. The van der Waals surface area contributed by atoms with E-state index in [1.165, 1.54) is 122 Å². The van der Waals surface area contributed by atoms with Gasteiger partial charge in [-0.2, -0.15) is 0 Å². The standard InChI is InChI=1S/C66H128O17P2/c1-9-59(8)45-37-29-20-12-10-11-13-21-30-38-46-63(68)76-52-61(82-65(70)48-40-32-23-17-15-19-27-35-43-57(4)5)54-80-84(72,73)78-50-60(67)51-79-85(74,75)81-55-62(83-66(71)49-41-33-25-24-28-36-44-58(6)7)53-77-64(69)47-39-31-22-16-14-18-26-34-42-56(2)3/h56-62,67H,9-55H2,1-8H3,(H,72,73)(H,74,75)/t59?,60?,61-,62-/m1/s1. The minimum Gasteiger partial charge on any atom is -0.462 e. The zero-order valence-electron chi connectivity index (χ0n) is 55.2. The number of ether oxygens (including phenoxy) is 4. The van der Waals surface area contributed by atoms with Gasteiger partial charge in [0.2, 0.25) is 0 Å². The molecule has 0 saturated heterocycles. The maximum atomic E-state index is 13.0. The molecule has 0 bridgehead atoms. The van der Waals surface area contributed by atoms with E-state index in [9.17, 15) is 43.2 Å². The largest absolute Gasteiger partial charge is 0.472 e. The van der Waals surface area contributed by atoms with Gasteiger partial charge in [0.1, 0.15) is 19.3 Å². The fourth-order valence-electron chi connectivity index (χ4n) is 9.75. The van der Waals surface area contributed by atoms with E-state index >= 15 is 0 Å². The number of carbonyl (C=O) groups is 4. The first kappa shape index (κ1) is 83.1. The van der Waals surface area contributed by atoms with Crippen molar-refractivity contribution in [1.82, 2.24) is 0 Å². The summed E-state index contributed by atoms with van der Waals surface area (Å²) in [5.74, 6) is 0.783. The Kier molecular flexibility index (Phi) is 54.8. The second-order valence-corrected chi connectivity index (χ2v) is 28.4. The number of hydrogen-bond acceptors (Lipinski definition) is 15. The summed E-state index contributed by atoms with van der Waals surface area (Å²) in [5.41, 5.74) is 0. The van der Waals surface area contributed by atoms with Crippen molar-refractivity contribution in [2.24, 2.45) is 23.7 Å². The first-order chi connectivity index (χ1) is 40.6. The third-order valence-electron chi connectivity index (χ3n) is 15.4. The lowest BCUT2D eigenvalue weighted by atomic mass is 9.99. The molecule has 0 aromatic heterocycles. The van der Waals surface area contributed by atoms with Gasteiger partial charge in [0.05, 0.1) is 26.4 Å². The van der Waals surface area contributed by atoms with Crippen LogP contribution in [-0.4, -0.2) is 96.7 Å². The highest BCUT2D eigenvalue weighted by atomic mass is 31.2. The Morgan fingerprint density at radius 2 is 0.565 bits per heavy atom. The van der Waals surface area contributed by atoms with Crippen LogP contribution in [0.15, 0.2) is 0 Å². The van der Waals surface area contributed by atoms with Crippen molar-refractivity contribution < 1.29 is 80.2 Å². The third-order valence-corrected chi connectivity index (χ3v) is 17.3. The predicted molar refractivity (Wildman–Crippen MR) is 340 cm³/mol. The van der Waals surface area contributed by atoms with E-state index in [1.54, 1.807) is 0 Å². The van der Waals surface area contributed by atoms with Crippen molar-refractivity contribution in [2.75, 3.05) is 39.6 Å². The number of phosphoric ester groups is 2. The maximum Gasteiger partial charge on any atom is 0.472 e. The molecule has 0 aliphatic heterocycles. The highest BCUT2D eigenvalue weighted by molar-refractivity contribution is 7.47. The number of aliphatic hydroxyl groups excluding tert-OH is 1. The zero-order valence-corrected chi connectivity index (χ0v) is 57.0. The van der Waals surface area contributed by atoms with Crippen LogP contribution in [0.4, 0.5) is 0 Å². The molecule has 3 N–H and O–H groups in total. The Morgan fingerprint density at radius 1 is 0.329 bits per heavy atom. The van der Waals surface area contributed by atoms with Gasteiger partial charge in [0.15, 0.2) is 12.2 Å². The van der Waals surface area contributed by atoms with E-state index in [4.69, 9.17) is 37.0 Å². The van der Waals surface area contributed by atoms with Crippen LogP contribution >= 0.6 is 15.6 Å². The van der Waals surface area contributed by atoms with Crippen molar-refractivity contribution in [3.05, 3.63) is 0 Å². The lowest BCUT2D eigenvalue weighted by molar-refractivity contribution is -0.161. The van der Waals surface area contributed by atoms with Crippen molar-refractivity contribution in [3.63, 3.8) is 0 Å².